The van der Waals surface area contributed by atoms with Crippen molar-refractivity contribution < 1.29 is 9.53 Å². The molecule has 0 aliphatic carbocycles. The van der Waals surface area contributed by atoms with Gasteiger partial charge in [-0.15, -0.1) is 0 Å². The summed E-state index contributed by atoms with van der Waals surface area (Å²) in [7, 11) is 0. The molecule has 0 unspecified atom stereocenters. The summed E-state index contributed by atoms with van der Waals surface area (Å²) >= 11 is 0. The van der Waals surface area contributed by atoms with Crippen molar-refractivity contribution in [1.82, 2.24) is 4.98 Å². The molecule has 0 bridgehead atoms. The maximum absolute atomic E-state index is 11.7. The molecule has 1 saturated heterocycles. The van der Waals surface area contributed by atoms with Gasteiger partial charge in [-0.1, -0.05) is 30.3 Å². The van der Waals surface area contributed by atoms with E-state index in [9.17, 15) is 4.79 Å². The smallest absolute Gasteiger partial charge is 0.339 e. The van der Waals surface area contributed by atoms with Crippen LogP contribution in [0.4, 0.5) is 5.82 Å². The first-order valence-corrected chi connectivity index (χ1v) is 8.68. The SMILES string of the molecule is CCOC(=O)c1ccc(N2CCC(Cc3ccccc3)CC2)nc1. The molecule has 126 valence electrons. The highest BCUT2D eigenvalue weighted by atomic mass is 16.5. The van der Waals surface area contributed by atoms with E-state index in [0.717, 1.165) is 31.2 Å². The Kier molecular flexibility index (Phi) is 5.47. The van der Waals surface area contributed by atoms with E-state index in [2.05, 4.69) is 40.2 Å². The van der Waals surface area contributed by atoms with Crippen molar-refractivity contribution in [3.63, 3.8) is 0 Å². The van der Waals surface area contributed by atoms with E-state index in [4.69, 9.17) is 4.74 Å². The van der Waals surface area contributed by atoms with E-state index in [-0.39, 0.29) is 5.97 Å². The average Bonchev–Trinajstić information content (AvgIpc) is 2.64. The van der Waals surface area contributed by atoms with Crippen LogP contribution in [0, 0.1) is 5.92 Å². The molecule has 0 radical (unpaired) electrons. The molecule has 1 aliphatic heterocycles. The predicted octanol–water partition coefficient (Wildman–Crippen LogP) is 3.72. The number of carbonyl (C=O) groups excluding carboxylic acids is 1. The van der Waals surface area contributed by atoms with Gasteiger partial charge in [-0.3, -0.25) is 0 Å². The fourth-order valence-electron chi connectivity index (χ4n) is 3.22. The van der Waals surface area contributed by atoms with E-state index in [1.807, 2.05) is 6.07 Å². The van der Waals surface area contributed by atoms with Gasteiger partial charge < -0.3 is 9.64 Å². The Bertz CT molecular complexity index is 647. The van der Waals surface area contributed by atoms with E-state index < -0.39 is 0 Å². The molecule has 0 saturated carbocycles. The van der Waals surface area contributed by atoms with Crippen molar-refractivity contribution in [2.75, 3.05) is 24.6 Å². The molecule has 4 heteroatoms. The van der Waals surface area contributed by atoms with Gasteiger partial charge in [0.2, 0.25) is 0 Å². The molecule has 1 aromatic heterocycles. The van der Waals surface area contributed by atoms with Gasteiger partial charge in [0.25, 0.3) is 0 Å². The number of anilines is 1. The molecule has 0 amide bonds. The topological polar surface area (TPSA) is 42.4 Å². The molecule has 1 aliphatic rings. The Morgan fingerprint density at radius 2 is 1.92 bits per heavy atom. The number of hydrogen-bond donors (Lipinski definition) is 0. The summed E-state index contributed by atoms with van der Waals surface area (Å²) < 4.78 is 4.99. The second-order valence-electron chi connectivity index (χ2n) is 6.25. The first-order chi connectivity index (χ1) is 11.8. The van der Waals surface area contributed by atoms with Crippen LogP contribution in [-0.4, -0.2) is 30.6 Å². The Balaban J connectivity index is 1.54. The minimum Gasteiger partial charge on any atom is -0.462 e. The lowest BCUT2D eigenvalue weighted by Gasteiger charge is -2.33. The fraction of sp³-hybridized carbons (Fsp3) is 0.400. The lowest BCUT2D eigenvalue weighted by Crippen LogP contribution is -2.34. The fourth-order valence-corrected chi connectivity index (χ4v) is 3.22. The summed E-state index contributed by atoms with van der Waals surface area (Å²) in [5, 5.41) is 0. The van der Waals surface area contributed by atoms with E-state index >= 15 is 0 Å². The van der Waals surface area contributed by atoms with Crippen LogP contribution in [0.25, 0.3) is 0 Å². The predicted molar refractivity (Wildman–Crippen MR) is 95.3 cm³/mol. The number of ether oxygens (including phenoxy) is 1. The summed E-state index contributed by atoms with van der Waals surface area (Å²) in [4.78, 5) is 18.4. The zero-order valence-electron chi connectivity index (χ0n) is 14.1. The summed E-state index contributed by atoms with van der Waals surface area (Å²) in [6, 6.07) is 14.4. The number of nitrogens with zero attached hydrogens (tertiary/aromatic N) is 2. The first kappa shape index (κ1) is 16.5. The van der Waals surface area contributed by atoms with Crippen LogP contribution < -0.4 is 4.90 Å². The van der Waals surface area contributed by atoms with Gasteiger partial charge in [-0.05, 0) is 49.8 Å². The van der Waals surface area contributed by atoms with Gasteiger partial charge in [0.15, 0.2) is 0 Å². The molecule has 24 heavy (non-hydrogen) atoms. The van der Waals surface area contributed by atoms with Gasteiger partial charge in [-0.2, -0.15) is 0 Å². The third-order valence-corrected chi connectivity index (χ3v) is 4.56. The van der Waals surface area contributed by atoms with Gasteiger partial charge in [0.1, 0.15) is 5.82 Å². The van der Waals surface area contributed by atoms with Crippen LogP contribution in [-0.2, 0) is 11.2 Å². The zero-order valence-corrected chi connectivity index (χ0v) is 14.1. The van der Waals surface area contributed by atoms with Gasteiger partial charge in [-0.25, -0.2) is 9.78 Å². The highest BCUT2D eigenvalue weighted by Gasteiger charge is 2.20. The number of pyridine rings is 1. The summed E-state index contributed by atoms with van der Waals surface area (Å²) in [5.74, 6) is 1.38. The van der Waals surface area contributed by atoms with Crippen LogP contribution >= 0.6 is 0 Å². The van der Waals surface area contributed by atoms with Crippen LogP contribution in [0.5, 0.6) is 0 Å². The van der Waals surface area contributed by atoms with Crippen LogP contribution in [0.3, 0.4) is 0 Å². The van der Waals surface area contributed by atoms with Crippen molar-refractivity contribution in [2.45, 2.75) is 26.2 Å². The highest BCUT2D eigenvalue weighted by molar-refractivity contribution is 5.89. The summed E-state index contributed by atoms with van der Waals surface area (Å²) in [5.41, 5.74) is 1.94. The molecule has 0 N–H and O–H groups in total. The lowest BCUT2D eigenvalue weighted by molar-refractivity contribution is 0.0526. The Morgan fingerprint density at radius 1 is 1.17 bits per heavy atom. The maximum Gasteiger partial charge on any atom is 0.339 e. The Morgan fingerprint density at radius 3 is 2.54 bits per heavy atom. The van der Waals surface area contributed by atoms with Crippen LogP contribution in [0.15, 0.2) is 48.7 Å². The summed E-state index contributed by atoms with van der Waals surface area (Å²) in [6.07, 6.45) is 5.12. The molecule has 1 aromatic carbocycles. The number of benzene rings is 1. The number of aromatic nitrogens is 1. The molecule has 1 fully saturated rings. The molecular formula is C20H24N2O2. The monoisotopic (exact) mass is 324 g/mol. The number of esters is 1. The van der Waals surface area contributed by atoms with Crippen molar-refractivity contribution in [3.05, 3.63) is 59.8 Å². The van der Waals surface area contributed by atoms with Crippen molar-refractivity contribution in [3.8, 4) is 0 Å². The molecule has 0 atom stereocenters. The van der Waals surface area contributed by atoms with Gasteiger partial charge in [0, 0.05) is 19.3 Å². The third-order valence-electron chi connectivity index (χ3n) is 4.56. The Labute approximate surface area is 143 Å². The number of piperidine rings is 1. The lowest BCUT2D eigenvalue weighted by atomic mass is 9.90. The first-order valence-electron chi connectivity index (χ1n) is 8.68. The second kappa shape index (κ2) is 7.95. The van der Waals surface area contributed by atoms with E-state index in [1.54, 1.807) is 19.2 Å². The van der Waals surface area contributed by atoms with Crippen molar-refractivity contribution >= 4 is 11.8 Å². The van der Waals surface area contributed by atoms with Crippen LogP contribution in [0.2, 0.25) is 0 Å². The average molecular weight is 324 g/mol. The zero-order chi connectivity index (χ0) is 16.8. The number of carbonyl (C=O) groups is 1. The quantitative estimate of drug-likeness (QED) is 0.786. The van der Waals surface area contributed by atoms with Crippen molar-refractivity contribution in [2.24, 2.45) is 5.92 Å². The molecule has 2 heterocycles. The maximum atomic E-state index is 11.7. The standard InChI is InChI=1S/C20H24N2O2/c1-2-24-20(23)18-8-9-19(21-15-18)22-12-10-17(11-13-22)14-16-6-4-3-5-7-16/h3-9,15,17H,2,10-14H2,1H3. The molecule has 0 spiro atoms. The molecule has 4 nitrogen and oxygen atoms in total. The van der Waals surface area contributed by atoms with Crippen molar-refractivity contribution in [1.29, 1.82) is 0 Å². The Hall–Kier alpha value is -2.36. The number of rotatable bonds is 5. The van der Waals surface area contributed by atoms with E-state index in [1.165, 1.54) is 18.4 Å². The normalized spacial score (nSPS) is 15.3. The largest absolute Gasteiger partial charge is 0.462 e. The highest BCUT2D eigenvalue weighted by Crippen LogP contribution is 2.24. The second-order valence-corrected chi connectivity index (χ2v) is 6.25. The van der Waals surface area contributed by atoms with Gasteiger partial charge >= 0.3 is 5.97 Å². The molecule has 2 aromatic rings. The van der Waals surface area contributed by atoms with E-state index in [0.29, 0.717) is 12.2 Å². The third kappa shape index (κ3) is 4.13. The molecule has 3 rings (SSSR count). The van der Waals surface area contributed by atoms with Crippen LogP contribution in [0.1, 0.15) is 35.7 Å². The minimum atomic E-state index is -0.307. The summed E-state index contributed by atoms with van der Waals surface area (Å²) in [6.45, 7) is 4.22. The minimum absolute atomic E-state index is 0.307. The molecular weight excluding hydrogens is 300 g/mol. The van der Waals surface area contributed by atoms with Gasteiger partial charge in [0.05, 0.1) is 12.2 Å². The number of hydrogen-bond acceptors (Lipinski definition) is 4.